The van der Waals surface area contributed by atoms with Gasteiger partial charge < -0.3 is 20.6 Å². The Balaban J connectivity index is 1.86. The average molecular weight is 362 g/mol. The van der Waals surface area contributed by atoms with Crippen LogP contribution in [-0.4, -0.2) is 37.1 Å². The summed E-state index contributed by atoms with van der Waals surface area (Å²) in [6.07, 6.45) is 5.09. The van der Waals surface area contributed by atoms with Crippen LogP contribution in [0.15, 0.2) is 49.1 Å². The van der Waals surface area contributed by atoms with Crippen LogP contribution in [0.5, 0.6) is 0 Å². The van der Waals surface area contributed by atoms with Crippen LogP contribution >= 0.6 is 0 Å². The van der Waals surface area contributed by atoms with Gasteiger partial charge >= 0.3 is 6.03 Å². The van der Waals surface area contributed by atoms with E-state index >= 15 is 0 Å². The Morgan fingerprint density at radius 3 is 2.89 bits per heavy atom. The molecule has 0 aliphatic rings. The molecule has 5 N–H and O–H groups in total. The van der Waals surface area contributed by atoms with Crippen molar-refractivity contribution in [2.45, 2.75) is 6.92 Å². The Kier molecular flexibility index (Phi) is 4.17. The number of H-pyrrole nitrogens is 1. The van der Waals surface area contributed by atoms with Crippen molar-refractivity contribution in [1.29, 1.82) is 0 Å². The van der Waals surface area contributed by atoms with Crippen LogP contribution in [0, 0.1) is 0 Å². The van der Waals surface area contributed by atoms with Crippen LogP contribution in [0.2, 0.25) is 0 Å². The van der Waals surface area contributed by atoms with E-state index in [1.54, 1.807) is 18.7 Å². The fourth-order valence-electron chi connectivity index (χ4n) is 2.82. The second-order valence-corrected chi connectivity index (χ2v) is 5.88. The first-order chi connectivity index (χ1) is 13.1. The molecule has 0 unspecified atom stereocenters. The van der Waals surface area contributed by atoms with E-state index in [0.29, 0.717) is 23.8 Å². The predicted molar refractivity (Wildman–Crippen MR) is 104 cm³/mol. The summed E-state index contributed by atoms with van der Waals surface area (Å²) in [5.74, 6) is 0.783. The summed E-state index contributed by atoms with van der Waals surface area (Å²) in [5.41, 5.74) is 9.68. The van der Waals surface area contributed by atoms with Crippen molar-refractivity contribution in [2.24, 2.45) is 0 Å². The van der Waals surface area contributed by atoms with Gasteiger partial charge in [-0.05, 0) is 31.2 Å². The van der Waals surface area contributed by atoms with Gasteiger partial charge in [0.2, 0.25) is 5.95 Å². The second kappa shape index (κ2) is 6.79. The minimum Gasteiger partial charge on any atom is -0.382 e. The van der Waals surface area contributed by atoms with E-state index in [1.807, 2.05) is 41.8 Å². The van der Waals surface area contributed by atoms with Gasteiger partial charge in [-0.1, -0.05) is 6.07 Å². The van der Waals surface area contributed by atoms with Crippen molar-refractivity contribution in [3.05, 3.63) is 49.1 Å². The number of nitrogen functional groups attached to an aromatic ring is 1. The minimum absolute atomic E-state index is 0.321. The highest BCUT2D eigenvalue weighted by Gasteiger charge is 2.14. The fourth-order valence-corrected chi connectivity index (χ4v) is 2.82. The number of imidazole rings is 2. The quantitative estimate of drug-likeness (QED) is 0.444. The molecule has 27 heavy (non-hydrogen) atoms. The van der Waals surface area contributed by atoms with Gasteiger partial charge in [-0.3, -0.25) is 10.3 Å². The number of hydrogen-bond donors (Lipinski definition) is 4. The molecule has 0 radical (unpaired) electrons. The summed E-state index contributed by atoms with van der Waals surface area (Å²) in [4.78, 5) is 28.0. The molecule has 0 saturated heterocycles. The van der Waals surface area contributed by atoms with Gasteiger partial charge in [0.1, 0.15) is 12.1 Å². The number of anilines is 2. The minimum atomic E-state index is -0.321. The zero-order valence-corrected chi connectivity index (χ0v) is 14.6. The first kappa shape index (κ1) is 16.6. The third-order valence-corrected chi connectivity index (χ3v) is 3.99. The summed E-state index contributed by atoms with van der Waals surface area (Å²) < 4.78 is 1.81. The first-order valence-corrected chi connectivity index (χ1v) is 8.44. The van der Waals surface area contributed by atoms with Crippen molar-refractivity contribution < 1.29 is 4.79 Å². The number of nitrogens with one attached hydrogen (secondary N) is 3. The van der Waals surface area contributed by atoms with Crippen molar-refractivity contribution in [3.63, 3.8) is 0 Å². The van der Waals surface area contributed by atoms with Crippen molar-refractivity contribution in [2.75, 3.05) is 17.6 Å². The van der Waals surface area contributed by atoms with E-state index in [-0.39, 0.29) is 6.03 Å². The summed E-state index contributed by atoms with van der Waals surface area (Å²) in [6, 6.07) is 9.23. The average Bonchev–Trinajstić information content (AvgIpc) is 3.27. The molecule has 0 bridgehead atoms. The summed E-state index contributed by atoms with van der Waals surface area (Å²) in [7, 11) is 0. The van der Waals surface area contributed by atoms with E-state index in [1.165, 1.54) is 0 Å². The molecule has 0 saturated carbocycles. The highest BCUT2D eigenvalue weighted by Crippen LogP contribution is 2.30. The number of amides is 2. The van der Waals surface area contributed by atoms with Gasteiger partial charge in [-0.15, -0.1) is 0 Å². The number of benzene rings is 1. The topological polar surface area (TPSA) is 127 Å². The third-order valence-electron chi connectivity index (χ3n) is 3.99. The van der Waals surface area contributed by atoms with Gasteiger partial charge in [0.25, 0.3) is 0 Å². The maximum absolute atomic E-state index is 11.8. The maximum Gasteiger partial charge on any atom is 0.321 e. The molecule has 4 rings (SSSR count). The Morgan fingerprint density at radius 1 is 1.30 bits per heavy atom. The first-order valence-electron chi connectivity index (χ1n) is 8.44. The Hall–Kier alpha value is -3.88. The number of urea groups is 1. The van der Waals surface area contributed by atoms with Gasteiger partial charge in [-0.25, -0.2) is 14.8 Å². The number of carbonyl (C=O) groups is 1. The number of aromatic nitrogens is 5. The van der Waals surface area contributed by atoms with Crippen LogP contribution < -0.4 is 16.4 Å². The normalized spacial score (nSPS) is 10.9. The van der Waals surface area contributed by atoms with Gasteiger partial charge in [0.05, 0.1) is 22.9 Å². The monoisotopic (exact) mass is 362 g/mol. The number of hydrogen-bond acceptors (Lipinski definition) is 5. The maximum atomic E-state index is 11.8. The lowest BCUT2D eigenvalue weighted by atomic mass is 10.1. The number of nitrogens with zero attached hydrogens (tertiary/aromatic N) is 4. The highest BCUT2D eigenvalue weighted by atomic mass is 16.2. The lowest BCUT2D eigenvalue weighted by Crippen LogP contribution is -2.28. The third kappa shape index (κ3) is 3.30. The van der Waals surface area contributed by atoms with Gasteiger partial charge in [-0.2, -0.15) is 0 Å². The molecule has 0 aliphatic heterocycles. The molecule has 3 heterocycles. The lowest BCUT2D eigenvalue weighted by molar-refractivity contribution is 0.252. The second-order valence-electron chi connectivity index (χ2n) is 5.88. The summed E-state index contributed by atoms with van der Waals surface area (Å²) in [5, 5.41) is 5.37. The lowest BCUT2D eigenvalue weighted by Gasteiger charge is -2.07. The molecule has 3 aromatic heterocycles. The molecule has 0 fully saturated rings. The standard InChI is InChI=1S/C18H18N8O/c1-2-20-18(27)25-17-23-14-8-11(26-9-15(19)22-10-26)7-12(16(14)24-17)13-5-3-4-6-21-13/h3-10H,2,19H2,1H3,(H3,20,23,24,25,27). The zero-order valence-electron chi connectivity index (χ0n) is 14.6. The molecule has 0 spiro atoms. The molecule has 0 atom stereocenters. The molecule has 4 aromatic rings. The van der Waals surface area contributed by atoms with Crippen molar-refractivity contribution >= 4 is 28.8 Å². The summed E-state index contributed by atoms with van der Waals surface area (Å²) in [6.45, 7) is 2.37. The Morgan fingerprint density at radius 2 is 2.19 bits per heavy atom. The molecule has 9 heteroatoms. The molecule has 2 amide bonds. The van der Waals surface area contributed by atoms with Crippen LogP contribution in [0.25, 0.3) is 28.0 Å². The van der Waals surface area contributed by atoms with Crippen LogP contribution in [0.1, 0.15) is 6.92 Å². The molecule has 136 valence electrons. The van der Waals surface area contributed by atoms with Gasteiger partial charge in [0.15, 0.2) is 0 Å². The molecule has 1 aromatic carbocycles. The van der Waals surface area contributed by atoms with E-state index in [9.17, 15) is 4.79 Å². The fraction of sp³-hybridized carbons (Fsp3) is 0.111. The predicted octanol–water partition coefficient (Wildman–Crippen LogP) is 2.53. The van der Waals surface area contributed by atoms with Crippen LogP contribution in [-0.2, 0) is 0 Å². The molecular formula is C18H18N8O. The molecule has 0 aliphatic carbocycles. The van der Waals surface area contributed by atoms with Crippen LogP contribution in [0.3, 0.4) is 0 Å². The van der Waals surface area contributed by atoms with Crippen molar-refractivity contribution in [1.82, 2.24) is 29.8 Å². The van der Waals surface area contributed by atoms with E-state index < -0.39 is 0 Å². The van der Waals surface area contributed by atoms with E-state index in [2.05, 4.69) is 30.6 Å². The molecule has 9 nitrogen and oxygen atoms in total. The smallest absolute Gasteiger partial charge is 0.321 e. The van der Waals surface area contributed by atoms with E-state index in [4.69, 9.17) is 5.73 Å². The number of rotatable bonds is 4. The summed E-state index contributed by atoms with van der Waals surface area (Å²) >= 11 is 0. The number of aromatic amines is 1. The zero-order chi connectivity index (χ0) is 18.8. The van der Waals surface area contributed by atoms with Crippen LogP contribution in [0.4, 0.5) is 16.6 Å². The Bertz CT molecular complexity index is 1100. The Labute approximate surface area is 154 Å². The number of fused-ring (bicyclic) bond motifs is 1. The SMILES string of the molecule is CCNC(=O)Nc1nc2cc(-n3cnc(N)c3)cc(-c3ccccn3)c2[nH]1. The highest BCUT2D eigenvalue weighted by molar-refractivity contribution is 5.96. The number of nitrogens with two attached hydrogens (primary N) is 1. The van der Waals surface area contributed by atoms with Gasteiger partial charge in [0, 0.05) is 24.0 Å². The largest absolute Gasteiger partial charge is 0.382 e. The van der Waals surface area contributed by atoms with E-state index in [0.717, 1.165) is 22.5 Å². The number of pyridine rings is 1. The molecular weight excluding hydrogens is 344 g/mol. The number of carbonyl (C=O) groups excluding carboxylic acids is 1. The van der Waals surface area contributed by atoms with Crippen molar-refractivity contribution in [3.8, 4) is 16.9 Å².